The average Bonchev–Trinajstić information content (AvgIpc) is 2.62. The van der Waals surface area contributed by atoms with Crippen LogP contribution in [-0.4, -0.2) is 55.2 Å². The van der Waals surface area contributed by atoms with Crippen LogP contribution >= 0.6 is 24.0 Å². The number of aromatic nitrogens is 1. The Morgan fingerprint density at radius 2 is 2.00 bits per heavy atom. The molecule has 0 aromatic carbocycles. The monoisotopic (exact) mass is 461 g/mol. The second-order valence-electron chi connectivity index (χ2n) is 6.85. The molecule has 0 amide bonds. The van der Waals surface area contributed by atoms with Crippen molar-refractivity contribution in [2.45, 2.75) is 45.2 Å². The van der Waals surface area contributed by atoms with Crippen LogP contribution in [0.25, 0.3) is 0 Å². The minimum absolute atomic E-state index is 0. The van der Waals surface area contributed by atoms with Crippen molar-refractivity contribution in [3.05, 3.63) is 23.9 Å². The van der Waals surface area contributed by atoms with Crippen LogP contribution in [0.2, 0.25) is 0 Å². The Hall–Kier alpha value is -1.09. The predicted molar refractivity (Wildman–Crippen MR) is 114 cm³/mol. The van der Waals surface area contributed by atoms with Crippen molar-refractivity contribution in [2.75, 3.05) is 33.8 Å². The van der Waals surface area contributed by atoms with Gasteiger partial charge in [-0.3, -0.25) is 9.89 Å². The van der Waals surface area contributed by atoms with Gasteiger partial charge in [-0.05, 0) is 51.4 Å². The van der Waals surface area contributed by atoms with E-state index in [2.05, 4.69) is 39.4 Å². The Morgan fingerprint density at radius 1 is 1.28 bits per heavy atom. The summed E-state index contributed by atoms with van der Waals surface area (Å²) < 4.78 is 5.16. The lowest BCUT2D eigenvalue weighted by molar-refractivity contribution is 0.0982. The Labute approximate surface area is 168 Å². The first kappa shape index (κ1) is 22.0. The Kier molecular flexibility index (Phi) is 9.48. The van der Waals surface area contributed by atoms with Gasteiger partial charge in [-0.15, -0.1) is 24.0 Å². The molecule has 1 aromatic heterocycles. The lowest BCUT2D eigenvalue weighted by atomic mass is 9.98. The quantitative estimate of drug-likeness (QED) is 0.388. The van der Waals surface area contributed by atoms with Crippen LogP contribution in [0.5, 0.6) is 5.88 Å². The first-order valence-corrected chi connectivity index (χ1v) is 8.73. The van der Waals surface area contributed by atoms with Crippen molar-refractivity contribution in [3.8, 4) is 5.88 Å². The molecule has 6 nitrogen and oxygen atoms in total. The van der Waals surface area contributed by atoms with Crippen LogP contribution in [0.3, 0.4) is 0 Å². The maximum Gasteiger partial charge on any atom is 0.213 e. The minimum Gasteiger partial charge on any atom is -0.481 e. The van der Waals surface area contributed by atoms with E-state index < -0.39 is 0 Å². The minimum atomic E-state index is 0. The molecule has 0 radical (unpaired) electrons. The van der Waals surface area contributed by atoms with Crippen molar-refractivity contribution in [1.82, 2.24) is 20.5 Å². The van der Waals surface area contributed by atoms with Crippen molar-refractivity contribution in [1.29, 1.82) is 0 Å². The zero-order valence-corrected chi connectivity index (χ0v) is 18.2. The molecule has 1 aromatic rings. The van der Waals surface area contributed by atoms with Gasteiger partial charge in [0.2, 0.25) is 5.88 Å². The van der Waals surface area contributed by atoms with Crippen molar-refractivity contribution >= 4 is 29.9 Å². The van der Waals surface area contributed by atoms with E-state index in [4.69, 9.17) is 4.74 Å². The lowest BCUT2D eigenvalue weighted by Crippen LogP contribution is -2.54. The smallest absolute Gasteiger partial charge is 0.213 e. The van der Waals surface area contributed by atoms with Crippen LogP contribution < -0.4 is 15.4 Å². The van der Waals surface area contributed by atoms with Gasteiger partial charge in [0.15, 0.2) is 5.96 Å². The van der Waals surface area contributed by atoms with E-state index >= 15 is 0 Å². The van der Waals surface area contributed by atoms with Gasteiger partial charge < -0.3 is 15.4 Å². The number of rotatable bonds is 6. The molecule has 0 atom stereocenters. The third-order valence-electron chi connectivity index (χ3n) is 4.59. The molecular formula is C18H32IN5O. The highest BCUT2D eigenvalue weighted by Crippen LogP contribution is 2.19. The second-order valence-corrected chi connectivity index (χ2v) is 6.85. The number of nitrogens with zero attached hydrogens (tertiary/aromatic N) is 3. The van der Waals surface area contributed by atoms with E-state index in [1.54, 1.807) is 20.4 Å². The summed E-state index contributed by atoms with van der Waals surface area (Å²) in [6.07, 6.45) is 5.73. The maximum atomic E-state index is 5.16. The second kappa shape index (κ2) is 10.8. The molecular weight excluding hydrogens is 429 g/mol. The number of hydrogen-bond donors (Lipinski definition) is 2. The lowest BCUT2D eigenvalue weighted by Gasteiger charge is -2.41. The number of likely N-dealkylation sites (tertiary alicyclic amines) is 1. The summed E-state index contributed by atoms with van der Waals surface area (Å²) in [6, 6.07) is 3.90. The number of piperidine rings is 1. The number of aliphatic imine (C=N–C) groups is 1. The molecule has 0 bridgehead atoms. The first-order valence-electron chi connectivity index (χ1n) is 8.73. The molecule has 7 heteroatoms. The average molecular weight is 461 g/mol. The number of hydrogen-bond acceptors (Lipinski definition) is 4. The van der Waals surface area contributed by atoms with Crippen LogP contribution in [0, 0.1) is 0 Å². The van der Waals surface area contributed by atoms with E-state index in [-0.39, 0.29) is 29.5 Å². The molecule has 0 spiro atoms. The van der Waals surface area contributed by atoms with Crippen molar-refractivity contribution in [3.63, 3.8) is 0 Å². The van der Waals surface area contributed by atoms with Crippen LogP contribution in [0.4, 0.5) is 0 Å². The van der Waals surface area contributed by atoms with Crippen molar-refractivity contribution in [2.24, 2.45) is 4.99 Å². The van der Waals surface area contributed by atoms with Crippen LogP contribution in [0.15, 0.2) is 23.3 Å². The standard InChI is InChI=1S/C18H31N5O.HI/c1-18(2,23-10-6-5-7-11-23)14-22-17(19-3)21-13-15-8-9-20-16(12-15)24-4;/h8-9,12H,5-7,10-11,13-14H2,1-4H3,(H2,19,21,22);1H. The summed E-state index contributed by atoms with van der Waals surface area (Å²) in [4.78, 5) is 11.0. The zero-order valence-electron chi connectivity index (χ0n) is 15.8. The summed E-state index contributed by atoms with van der Waals surface area (Å²) >= 11 is 0. The van der Waals surface area contributed by atoms with E-state index in [0.29, 0.717) is 12.4 Å². The first-order chi connectivity index (χ1) is 11.5. The fraction of sp³-hybridized carbons (Fsp3) is 0.667. The molecule has 0 saturated carbocycles. The Balaban J connectivity index is 0.00000312. The fourth-order valence-corrected chi connectivity index (χ4v) is 2.99. The molecule has 1 saturated heterocycles. The third-order valence-corrected chi connectivity index (χ3v) is 4.59. The summed E-state index contributed by atoms with van der Waals surface area (Å²) in [5, 5.41) is 6.81. The Morgan fingerprint density at radius 3 is 2.64 bits per heavy atom. The summed E-state index contributed by atoms with van der Waals surface area (Å²) in [5.74, 6) is 1.44. The van der Waals surface area contributed by atoms with Gasteiger partial charge in [-0.2, -0.15) is 0 Å². The highest BCUT2D eigenvalue weighted by molar-refractivity contribution is 14.0. The predicted octanol–water partition coefficient (Wildman–Crippen LogP) is 2.64. The Bertz CT molecular complexity index is 544. The molecule has 1 aliphatic rings. The van der Waals surface area contributed by atoms with E-state index in [1.807, 2.05) is 12.1 Å². The van der Waals surface area contributed by atoms with Gasteiger partial charge in [-0.25, -0.2) is 4.98 Å². The van der Waals surface area contributed by atoms with Crippen LogP contribution in [-0.2, 0) is 6.54 Å². The number of ether oxygens (including phenoxy) is 1. The molecule has 142 valence electrons. The summed E-state index contributed by atoms with van der Waals surface area (Å²) in [6.45, 7) is 8.53. The fourth-order valence-electron chi connectivity index (χ4n) is 2.99. The molecule has 0 unspecified atom stereocenters. The molecule has 2 heterocycles. The molecule has 2 N–H and O–H groups in total. The number of guanidine groups is 1. The SMILES string of the molecule is CN=C(NCc1ccnc(OC)c1)NCC(C)(C)N1CCCCC1.I. The number of pyridine rings is 1. The molecule has 0 aliphatic carbocycles. The largest absolute Gasteiger partial charge is 0.481 e. The number of methoxy groups -OCH3 is 1. The van der Waals surface area contributed by atoms with Gasteiger partial charge in [0.25, 0.3) is 0 Å². The summed E-state index contributed by atoms with van der Waals surface area (Å²) in [7, 11) is 3.43. The van der Waals surface area contributed by atoms with Gasteiger partial charge in [0.05, 0.1) is 7.11 Å². The number of halogens is 1. The normalized spacial score (nSPS) is 16.1. The number of nitrogens with one attached hydrogen (secondary N) is 2. The molecule has 1 fully saturated rings. The molecule has 1 aliphatic heterocycles. The van der Waals surface area contributed by atoms with Gasteiger partial charge in [-0.1, -0.05) is 6.42 Å². The topological polar surface area (TPSA) is 61.8 Å². The van der Waals surface area contributed by atoms with Gasteiger partial charge in [0, 0.05) is 37.9 Å². The van der Waals surface area contributed by atoms with Gasteiger partial charge in [0.1, 0.15) is 0 Å². The molecule has 25 heavy (non-hydrogen) atoms. The van der Waals surface area contributed by atoms with E-state index in [1.165, 1.54) is 32.4 Å². The maximum absolute atomic E-state index is 5.16. The molecule has 2 rings (SSSR count). The summed E-state index contributed by atoms with van der Waals surface area (Å²) in [5.41, 5.74) is 1.23. The van der Waals surface area contributed by atoms with Gasteiger partial charge >= 0.3 is 0 Å². The zero-order chi connectivity index (χ0) is 17.4. The highest BCUT2D eigenvalue weighted by atomic mass is 127. The highest BCUT2D eigenvalue weighted by Gasteiger charge is 2.27. The van der Waals surface area contributed by atoms with E-state index in [0.717, 1.165) is 18.1 Å². The van der Waals surface area contributed by atoms with Crippen molar-refractivity contribution < 1.29 is 4.74 Å². The van der Waals surface area contributed by atoms with Crippen LogP contribution in [0.1, 0.15) is 38.7 Å². The van der Waals surface area contributed by atoms with E-state index in [9.17, 15) is 0 Å². The third kappa shape index (κ3) is 6.97.